The highest BCUT2D eigenvalue weighted by molar-refractivity contribution is 6.05. The van der Waals surface area contributed by atoms with Gasteiger partial charge in [-0.05, 0) is 18.2 Å². The van der Waals surface area contributed by atoms with Crippen molar-refractivity contribution >= 4 is 17.4 Å². The van der Waals surface area contributed by atoms with Gasteiger partial charge in [-0.25, -0.2) is 4.39 Å². The van der Waals surface area contributed by atoms with Crippen molar-refractivity contribution in [1.29, 1.82) is 0 Å². The third-order valence-corrected chi connectivity index (χ3v) is 2.37. The molecule has 0 aromatic heterocycles. The topological polar surface area (TPSA) is 49.4 Å². The van der Waals surface area contributed by atoms with Crippen LogP contribution in [0.2, 0.25) is 0 Å². The Kier molecular flexibility index (Phi) is 5.23. The van der Waals surface area contributed by atoms with Crippen LogP contribution in [0.5, 0.6) is 0 Å². The highest BCUT2D eigenvalue weighted by Gasteiger charge is 2.09. The molecule has 0 atom stereocenters. The first-order valence-corrected chi connectivity index (χ1v) is 5.92. The SMILES string of the molecule is CCC(=O)Nc1cc(C(=O)C=CN(C)C)ccc1F. The second-order valence-electron chi connectivity index (χ2n) is 4.24. The summed E-state index contributed by atoms with van der Waals surface area (Å²) >= 11 is 0. The zero-order valence-electron chi connectivity index (χ0n) is 11.2. The molecule has 4 nitrogen and oxygen atoms in total. The highest BCUT2D eigenvalue weighted by Crippen LogP contribution is 2.17. The molecular formula is C14H17FN2O2. The molecule has 0 heterocycles. The predicted octanol–water partition coefficient (Wildman–Crippen LogP) is 2.43. The van der Waals surface area contributed by atoms with Crippen molar-refractivity contribution in [3.05, 3.63) is 41.9 Å². The van der Waals surface area contributed by atoms with E-state index in [0.717, 1.165) is 0 Å². The van der Waals surface area contributed by atoms with E-state index in [1.807, 2.05) is 0 Å². The molecule has 0 aliphatic carbocycles. The van der Waals surface area contributed by atoms with Crippen LogP contribution in [0.15, 0.2) is 30.5 Å². The summed E-state index contributed by atoms with van der Waals surface area (Å²) in [6.07, 6.45) is 3.24. The van der Waals surface area contributed by atoms with Gasteiger partial charge in [0.2, 0.25) is 5.91 Å². The Balaban J connectivity index is 2.95. The summed E-state index contributed by atoms with van der Waals surface area (Å²) in [5.41, 5.74) is 0.349. The number of amides is 1. The Morgan fingerprint density at radius 1 is 1.37 bits per heavy atom. The van der Waals surface area contributed by atoms with E-state index in [4.69, 9.17) is 0 Å². The van der Waals surface area contributed by atoms with Gasteiger partial charge in [0.15, 0.2) is 5.78 Å². The maximum Gasteiger partial charge on any atom is 0.224 e. The van der Waals surface area contributed by atoms with Crippen LogP contribution in [0.3, 0.4) is 0 Å². The fraction of sp³-hybridized carbons (Fsp3) is 0.286. The first-order chi connectivity index (χ1) is 8.93. The lowest BCUT2D eigenvalue weighted by Gasteiger charge is -2.07. The Hall–Kier alpha value is -2.17. The molecule has 1 amide bonds. The number of carbonyl (C=O) groups is 2. The Morgan fingerprint density at radius 2 is 2.05 bits per heavy atom. The summed E-state index contributed by atoms with van der Waals surface area (Å²) in [6, 6.07) is 3.90. The minimum absolute atomic E-state index is 0.0240. The number of halogens is 1. The van der Waals surface area contributed by atoms with Gasteiger partial charge in [0.25, 0.3) is 0 Å². The van der Waals surface area contributed by atoms with E-state index in [0.29, 0.717) is 5.56 Å². The van der Waals surface area contributed by atoms with E-state index in [-0.39, 0.29) is 23.8 Å². The van der Waals surface area contributed by atoms with Crippen molar-refractivity contribution < 1.29 is 14.0 Å². The van der Waals surface area contributed by atoms with Gasteiger partial charge in [0, 0.05) is 38.4 Å². The maximum absolute atomic E-state index is 13.5. The molecule has 19 heavy (non-hydrogen) atoms. The van der Waals surface area contributed by atoms with Gasteiger partial charge in [0.05, 0.1) is 5.69 Å². The zero-order chi connectivity index (χ0) is 14.4. The summed E-state index contributed by atoms with van der Waals surface area (Å²) in [5.74, 6) is -1.11. The molecule has 1 N–H and O–H groups in total. The van der Waals surface area contributed by atoms with Crippen molar-refractivity contribution in [2.24, 2.45) is 0 Å². The number of allylic oxidation sites excluding steroid dienone is 1. The lowest BCUT2D eigenvalue weighted by atomic mass is 10.1. The lowest BCUT2D eigenvalue weighted by Crippen LogP contribution is -2.11. The number of hydrogen-bond donors (Lipinski definition) is 1. The van der Waals surface area contributed by atoms with Gasteiger partial charge < -0.3 is 10.2 Å². The minimum atomic E-state index is -0.560. The van der Waals surface area contributed by atoms with Crippen LogP contribution >= 0.6 is 0 Å². The molecule has 0 bridgehead atoms. The largest absolute Gasteiger partial charge is 0.383 e. The summed E-state index contributed by atoms with van der Waals surface area (Å²) in [6.45, 7) is 1.67. The van der Waals surface area contributed by atoms with Crippen LogP contribution < -0.4 is 5.32 Å². The van der Waals surface area contributed by atoms with Crippen LogP contribution in [0.4, 0.5) is 10.1 Å². The fourth-order valence-electron chi connectivity index (χ4n) is 1.33. The van der Waals surface area contributed by atoms with E-state index < -0.39 is 5.82 Å². The number of nitrogens with zero attached hydrogens (tertiary/aromatic N) is 1. The van der Waals surface area contributed by atoms with Crippen LogP contribution in [0.1, 0.15) is 23.7 Å². The van der Waals surface area contributed by atoms with Crippen molar-refractivity contribution in [2.45, 2.75) is 13.3 Å². The van der Waals surface area contributed by atoms with Gasteiger partial charge in [-0.2, -0.15) is 0 Å². The molecule has 0 aliphatic heterocycles. The van der Waals surface area contributed by atoms with E-state index in [2.05, 4.69) is 5.32 Å². The number of nitrogens with one attached hydrogen (secondary N) is 1. The summed E-state index contributed by atoms with van der Waals surface area (Å²) in [4.78, 5) is 24.8. The number of benzene rings is 1. The van der Waals surface area contributed by atoms with Crippen molar-refractivity contribution in [3.8, 4) is 0 Å². The minimum Gasteiger partial charge on any atom is -0.383 e. The van der Waals surface area contributed by atoms with Crippen LogP contribution in [0.25, 0.3) is 0 Å². The van der Waals surface area contributed by atoms with Crippen molar-refractivity contribution in [3.63, 3.8) is 0 Å². The Bertz CT molecular complexity index is 510. The number of ketones is 1. The first-order valence-electron chi connectivity index (χ1n) is 5.92. The molecule has 0 fully saturated rings. The van der Waals surface area contributed by atoms with Gasteiger partial charge in [-0.15, -0.1) is 0 Å². The summed E-state index contributed by atoms with van der Waals surface area (Å²) in [7, 11) is 3.59. The molecule has 1 aromatic rings. The average molecular weight is 264 g/mol. The van der Waals surface area contributed by atoms with Gasteiger partial charge in [-0.1, -0.05) is 6.92 Å². The van der Waals surface area contributed by atoms with Crippen LogP contribution in [-0.4, -0.2) is 30.7 Å². The van der Waals surface area contributed by atoms with Gasteiger partial charge >= 0.3 is 0 Å². The molecule has 102 valence electrons. The smallest absolute Gasteiger partial charge is 0.224 e. The molecule has 0 spiro atoms. The molecule has 5 heteroatoms. The standard InChI is InChI=1S/C14H17FN2O2/c1-4-14(19)16-12-9-10(5-6-11(12)15)13(18)7-8-17(2)3/h5-9H,4H2,1-3H3,(H,16,19). The number of hydrogen-bond acceptors (Lipinski definition) is 3. The molecular weight excluding hydrogens is 247 g/mol. The van der Waals surface area contributed by atoms with E-state index >= 15 is 0 Å². The monoisotopic (exact) mass is 264 g/mol. The first kappa shape index (κ1) is 14.9. The Morgan fingerprint density at radius 3 is 2.63 bits per heavy atom. The molecule has 0 saturated heterocycles. The van der Waals surface area contributed by atoms with Crippen molar-refractivity contribution in [2.75, 3.05) is 19.4 Å². The summed E-state index contributed by atoms with van der Waals surface area (Å²) < 4.78 is 13.5. The third kappa shape index (κ3) is 4.54. The quantitative estimate of drug-likeness (QED) is 0.656. The van der Waals surface area contributed by atoms with Gasteiger partial charge in [0.1, 0.15) is 5.82 Å². The highest BCUT2D eigenvalue weighted by atomic mass is 19.1. The Labute approximate surface area is 111 Å². The van der Waals surface area contributed by atoms with Crippen LogP contribution in [-0.2, 0) is 4.79 Å². The molecule has 1 rings (SSSR count). The molecule has 0 radical (unpaired) electrons. The third-order valence-electron chi connectivity index (χ3n) is 2.37. The summed E-state index contributed by atoms with van der Waals surface area (Å²) in [5, 5.41) is 2.42. The maximum atomic E-state index is 13.5. The second kappa shape index (κ2) is 6.68. The fourth-order valence-corrected chi connectivity index (χ4v) is 1.33. The average Bonchev–Trinajstić information content (AvgIpc) is 2.38. The molecule has 1 aromatic carbocycles. The number of anilines is 1. The van der Waals surface area contributed by atoms with Crippen LogP contribution in [0, 0.1) is 5.82 Å². The second-order valence-corrected chi connectivity index (χ2v) is 4.24. The molecule has 0 unspecified atom stereocenters. The van der Waals surface area contributed by atoms with Crippen molar-refractivity contribution in [1.82, 2.24) is 4.90 Å². The predicted molar refractivity (Wildman–Crippen MR) is 72.5 cm³/mol. The lowest BCUT2D eigenvalue weighted by molar-refractivity contribution is -0.115. The number of rotatable bonds is 5. The number of carbonyl (C=O) groups excluding carboxylic acids is 2. The van der Waals surface area contributed by atoms with E-state index in [9.17, 15) is 14.0 Å². The van der Waals surface area contributed by atoms with E-state index in [1.54, 1.807) is 32.1 Å². The normalized spacial score (nSPS) is 10.5. The zero-order valence-corrected chi connectivity index (χ0v) is 11.2. The molecule has 0 aliphatic rings. The van der Waals surface area contributed by atoms with Gasteiger partial charge in [-0.3, -0.25) is 9.59 Å². The van der Waals surface area contributed by atoms with E-state index in [1.165, 1.54) is 24.3 Å². The molecule has 0 saturated carbocycles.